The maximum atomic E-state index is 12.8. The van der Waals surface area contributed by atoms with Gasteiger partial charge in [0.1, 0.15) is 11.4 Å². The van der Waals surface area contributed by atoms with E-state index in [1.54, 1.807) is 7.11 Å². The average Bonchev–Trinajstić information content (AvgIpc) is 3.64. The first-order valence-electron chi connectivity index (χ1n) is 12.6. The van der Waals surface area contributed by atoms with Gasteiger partial charge in [0.15, 0.2) is 0 Å². The van der Waals surface area contributed by atoms with Crippen LogP contribution in [-0.2, 0) is 18.5 Å². The number of nitrogens with zero attached hydrogens (tertiary/aromatic N) is 1. The summed E-state index contributed by atoms with van der Waals surface area (Å²) in [6.45, 7) is 7.78. The zero-order valence-electron chi connectivity index (χ0n) is 21.5. The molecular formula is C31H34N2O3. The molecule has 1 aromatic heterocycles. The molecule has 2 N–H and O–H groups in total. The fourth-order valence-electron chi connectivity index (χ4n) is 4.83. The number of carbonyl (C=O) groups is 1. The Balaban J connectivity index is 1.68. The number of methoxy groups -OCH3 is 1. The molecule has 0 atom stereocenters. The molecule has 0 amide bonds. The Morgan fingerprint density at radius 3 is 2.42 bits per heavy atom. The van der Waals surface area contributed by atoms with E-state index >= 15 is 0 Å². The van der Waals surface area contributed by atoms with Crippen LogP contribution < -0.4 is 10.1 Å². The van der Waals surface area contributed by atoms with E-state index in [4.69, 9.17) is 4.74 Å². The summed E-state index contributed by atoms with van der Waals surface area (Å²) in [5.74, 6) is -0.172. The van der Waals surface area contributed by atoms with E-state index in [1.165, 1.54) is 18.4 Å². The van der Waals surface area contributed by atoms with Crippen LogP contribution in [0, 0.1) is 0 Å². The monoisotopic (exact) mass is 482 g/mol. The third kappa shape index (κ3) is 4.89. The van der Waals surface area contributed by atoms with Gasteiger partial charge < -0.3 is 19.7 Å². The van der Waals surface area contributed by atoms with Crippen LogP contribution >= 0.6 is 0 Å². The Hall–Kier alpha value is -3.57. The Morgan fingerprint density at radius 2 is 1.78 bits per heavy atom. The molecule has 0 bridgehead atoms. The van der Waals surface area contributed by atoms with Crippen molar-refractivity contribution in [2.24, 2.45) is 0 Å². The van der Waals surface area contributed by atoms with Crippen LogP contribution in [0.1, 0.15) is 60.8 Å². The maximum absolute atomic E-state index is 12.8. The summed E-state index contributed by atoms with van der Waals surface area (Å²) < 4.78 is 7.33. The summed E-state index contributed by atoms with van der Waals surface area (Å²) in [6, 6.07) is 23.1. The highest BCUT2D eigenvalue weighted by atomic mass is 16.5. The van der Waals surface area contributed by atoms with Crippen LogP contribution in [0.15, 0.2) is 66.7 Å². The van der Waals surface area contributed by atoms with Crippen LogP contribution in [-0.4, -0.2) is 28.8 Å². The third-order valence-corrected chi connectivity index (χ3v) is 7.02. The molecule has 5 heteroatoms. The van der Waals surface area contributed by atoms with E-state index < -0.39 is 5.97 Å². The van der Waals surface area contributed by atoms with Crippen LogP contribution in [0.25, 0.3) is 22.0 Å². The average molecular weight is 483 g/mol. The van der Waals surface area contributed by atoms with E-state index in [2.05, 4.69) is 68.6 Å². The minimum Gasteiger partial charge on any atom is -0.497 e. The van der Waals surface area contributed by atoms with Crippen LogP contribution in [0.3, 0.4) is 0 Å². The quantitative estimate of drug-likeness (QED) is 0.296. The zero-order valence-corrected chi connectivity index (χ0v) is 21.5. The number of carboxylic acids is 1. The van der Waals surface area contributed by atoms with Crippen LogP contribution in [0.5, 0.6) is 5.75 Å². The molecule has 5 nitrogen and oxygen atoms in total. The van der Waals surface area contributed by atoms with Gasteiger partial charge in [0.05, 0.1) is 7.11 Å². The standard InChI is InChI=1S/C31H34N2O3/c1-31(2,3)23-11-9-22(10-12-23)28-26-17-20(18-32-24-13-14-24)8-15-27(26)33(29(28)30(34)35)19-21-6-5-7-25(16-21)36-4/h5-12,15-17,24,32H,13-14,18-19H2,1-4H3,(H,34,35). The number of carboxylic acid groups (broad SMARTS) is 1. The number of aromatic nitrogens is 1. The highest BCUT2D eigenvalue weighted by Crippen LogP contribution is 2.37. The molecule has 0 aliphatic heterocycles. The van der Waals surface area contributed by atoms with E-state index in [0.717, 1.165) is 45.5 Å². The Bertz CT molecular complexity index is 1410. The van der Waals surface area contributed by atoms with Crippen molar-refractivity contribution in [2.45, 2.75) is 58.2 Å². The van der Waals surface area contributed by atoms with Crippen molar-refractivity contribution in [3.63, 3.8) is 0 Å². The predicted octanol–water partition coefficient (Wildman–Crippen LogP) is 6.61. The second-order valence-corrected chi connectivity index (χ2v) is 10.8. The highest BCUT2D eigenvalue weighted by Gasteiger charge is 2.25. The molecule has 4 aromatic rings. The number of aromatic carboxylic acids is 1. The zero-order chi connectivity index (χ0) is 25.4. The molecule has 3 aromatic carbocycles. The molecule has 1 saturated carbocycles. The summed E-state index contributed by atoms with van der Waals surface area (Å²) in [5, 5.41) is 15.0. The Morgan fingerprint density at radius 1 is 1.03 bits per heavy atom. The van der Waals surface area contributed by atoms with Gasteiger partial charge in [0.25, 0.3) is 0 Å². The van der Waals surface area contributed by atoms with Gasteiger partial charge in [-0.3, -0.25) is 0 Å². The number of fused-ring (bicyclic) bond motifs is 1. The molecule has 186 valence electrons. The van der Waals surface area contributed by atoms with Gasteiger partial charge in [0.2, 0.25) is 0 Å². The number of nitrogens with one attached hydrogen (secondary N) is 1. The molecule has 1 aliphatic carbocycles. The summed E-state index contributed by atoms with van der Waals surface area (Å²) in [4.78, 5) is 12.8. The molecule has 1 fully saturated rings. The molecule has 1 aliphatic rings. The summed E-state index contributed by atoms with van der Waals surface area (Å²) in [6.07, 6.45) is 2.46. The van der Waals surface area contributed by atoms with Crippen LogP contribution in [0.4, 0.5) is 0 Å². The highest BCUT2D eigenvalue weighted by molar-refractivity contribution is 6.08. The number of ether oxygens (including phenoxy) is 1. The van der Waals surface area contributed by atoms with Crippen molar-refractivity contribution in [1.29, 1.82) is 0 Å². The maximum Gasteiger partial charge on any atom is 0.353 e. The summed E-state index contributed by atoms with van der Waals surface area (Å²) in [5.41, 5.74) is 6.31. The molecule has 1 heterocycles. The molecule has 36 heavy (non-hydrogen) atoms. The lowest BCUT2D eigenvalue weighted by Crippen LogP contribution is -2.15. The first-order chi connectivity index (χ1) is 17.2. The first kappa shape index (κ1) is 24.1. The second-order valence-electron chi connectivity index (χ2n) is 10.8. The summed E-state index contributed by atoms with van der Waals surface area (Å²) >= 11 is 0. The van der Waals surface area contributed by atoms with Crippen molar-refractivity contribution < 1.29 is 14.6 Å². The molecule has 5 rings (SSSR count). The van der Waals surface area contributed by atoms with E-state index in [0.29, 0.717) is 18.3 Å². The molecule has 0 spiro atoms. The lowest BCUT2D eigenvalue weighted by Gasteiger charge is -2.19. The minimum absolute atomic E-state index is 0.0240. The third-order valence-electron chi connectivity index (χ3n) is 7.02. The van der Waals surface area contributed by atoms with Gasteiger partial charge in [-0.15, -0.1) is 0 Å². The number of rotatable bonds is 8. The largest absolute Gasteiger partial charge is 0.497 e. The van der Waals surface area contributed by atoms with Gasteiger partial charge in [-0.05, 0) is 64.8 Å². The number of hydrogen-bond acceptors (Lipinski definition) is 3. The van der Waals surface area contributed by atoms with Gasteiger partial charge in [-0.1, -0.05) is 63.2 Å². The van der Waals surface area contributed by atoms with Gasteiger partial charge in [-0.25, -0.2) is 4.79 Å². The molecule has 0 radical (unpaired) electrons. The second kappa shape index (κ2) is 9.47. The fourth-order valence-corrected chi connectivity index (χ4v) is 4.83. The minimum atomic E-state index is -0.929. The summed E-state index contributed by atoms with van der Waals surface area (Å²) in [7, 11) is 1.64. The fraction of sp³-hybridized carbons (Fsp3) is 0.323. The van der Waals surface area contributed by atoms with E-state index in [1.807, 2.05) is 28.8 Å². The van der Waals surface area contributed by atoms with Gasteiger partial charge >= 0.3 is 5.97 Å². The Kier molecular flexibility index (Phi) is 6.35. The number of hydrogen-bond donors (Lipinski definition) is 2. The topological polar surface area (TPSA) is 63.5 Å². The van der Waals surface area contributed by atoms with Crippen molar-refractivity contribution in [2.75, 3.05) is 7.11 Å². The smallest absolute Gasteiger partial charge is 0.353 e. The van der Waals surface area contributed by atoms with Crippen molar-refractivity contribution >= 4 is 16.9 Å². The van der Waals surface area contributed by atoms with E-state index in [-0.39, 0.29) is 5.41 Å². The molecule has 0 saturated heterocycles. The van der Waals surface area contributed by atoms with Crippen LogP contribution in [0.2, 0.25) is 0 Å². The van der Waals surface area contributed by atoms with Crippen molar-refractivity contribution in [3.8, 4) is 16.9 Å². The SMILES string of the molecule is COc1cccc(Cn2c(C(=O)O)c(-c3ccc(C(C)(C)C)cc3)c3cc(CNC4CC4)ccc32)c1. The van der Waals surface area contributed by atoms with E-state index in [9.17, 15) is 9.90 Å². The molecular weight excluding hydrogens is 448 g/mol. The lowest BCUT2D eigenvalue weighted by molar-refractivity contribution is 0.0687. The lowest BCUT2D eigenvalue weighted by atomic mass is 9.86. The normalized spacial score (nSPS) is 13.8. The number of benzene rings is 3. The Labute approximate surface area is 212 Å². The predicted molar refractivity (Wildman–Crippen MR) is 145 cm³/mol. The van der Waals surface area contributed by atoms with Gasteiger partial charge in [0, 0.05) is 35.6 Å². The first-order valence-corrected chi connectivity index (χ1v) is 12.6. The van der Waals surface area contributed by atoms with Crippen molar-refractivity contribution in [1.82, 2.24) is 9.88 Å². The van der Waals surface area contributed by atoms with Gasteiger partial charge in [-0.2, -0.15) is 0 Å². The van der Waals surface area contributed by atoms with Crippen molar-refractivity contribution in [3.05, 3.63) is 89.1 Å². The molecule has 0 unspecified atom stereocenters.